The van der Waals surface area contributed by atoms with Crippen LogP contribution in [0.5, 0.6) is 0 Å². The van der Waals surface area contributed by atoms with Crippen LogP contribution in [-0.4, -0.2) is 18.6 Å². The van der Waals surface area contributed by atoms with E-state index in [0.29, 0.717) is 0 Å². The van der Waals surface area contributed by atoms with Crippen molar-refractivity contribution in [1.82, 2.24) is 5.32 Å². The molecule has 1 atom stereocenters. The van der Waals surface area contributed by atoms with Gasteiger partial charge >= 0.3 is 0 Å². The van der Waals surface area contributed by atoms with E-state index in [4.69, 9.17) is 0 Å². The third-order valence-corrected chi connectivity index (χ3v) is 3.86. The fourth-order valence-electron chi connectivity index (χ4n) is 1.66. The van der Waals surface area contributed by atoms with E-state index >= 15 is 0 Å². The Bertz CT molecular complexity index is 328. The smallest absolute Gasteiger partial charge is 0.123 e. The first-order valence-corrected chi connectivity index (χ1v) is 6.85. The zero-order valence-corrected chi connectivity index (χ0v) is 11.0. The molecule has 0 bridgehead atoms. The minimum Gasteiger partial charge on any atom is -0.312 e. The predicted octanol–water partition coefficient (Wildman–Crippen LogP) is 3.54. The lowest BCUT2D eigenvalue weighted by Gasteiger charge is -2.18. The standard InChI is InChI=1S/C13H20FNS/c1-4-7-16-9-13(15-3)12-8-11(14)6-5-10(12)2/h5-6,8,13,15H,4,7,9H2,1-3H3. The van der Waals surface area contributed by atoms with Gasteiger partial charge in [0.2, 0.25) is 0 Å². The maximum absolute atomic E-state index is 13.2. The Morgan fingerprint density at radius 3 is 2.81 bits per heavy atom. The van der Waals surface area contributed by atoms with E-state index in [-0.39, 0.29) is 11.9 Å². The topological polar surface area (TPSA) is 12.0 Å². The lowest BCUT2D eigenvalue weighted by Crippen LogP contribution is -2.20. The number of aryl methyl sites for hydroxylation is 1. The van der Waals surface area contributed by atoms with Crippen LogP contribution in [0.3, 0.4) is 0 Å². The maximum Gasteiger partial charge on any atom is 0.123 e. The number of hydrogen-bond donors (Lipinski definition) is 1. The highest BCUT2D eigenvalue weighted by Crippen LogP contribution is 2.22. The van der Waals surface area contributed by atoms with Crippen LogP contribution in [0.15, 0.2) is 18.2 Å². The third-order valence-electron chi connectivity index (χ3n) is 2.60. The van der Waals surface area contributed by atoms with Crippen LogP contribution >= 0.6 is 11.8 Å². The number of halogens is 1. The summed E-state index contributed by atoms with van der Waals surface area (Å²) in [7, 11) is 1.93. The zero-order valence-electron chi connectivity index (χ0n) is 10.2. The van der Waals surface area contributed by atoms with E-state index < -0.39 is 0 Å². The molecule has 0 amide bonds. The first-order valence-electron chi connectivity index (χ1n) is 5.70. The minimum absolute atomic E-state index is 0.152. The highest BCUT2D eigenvalue weighted by molar-refractivity contribution is 7.99. The number of thioether (sulfide) groups is 1. The molecule has 0 aliphatic rings. The summed E-state index contributed by atoms with van der Waals surface area (Å²) in [6.45, 7) is 4.21. The molecule has 0 aliphatic heterocycles. The number of rotatable bonds is 6. The average molecular weight is 241 g/mol. The number of benzene rings is 1. The lowest BCUT2D eigenvalue weighted by atomic mass is 10.0. The lowest BCUT2D eigenvalue weighted by molar-refractivity contribution is 0.609. The maximum atomic E-state index is 13.2. The molecule has 1 aromatic rings. The first-order chi connectivity index (χ1) is 7.69. The summed E-state index contributed by atoms with van der Waals surface area (Å²) >= 11 is 1.91. The molecule has 1 rings (SSSR count). The molecule has 0 saturated heterocycles. The van der Waals surface area contributed by atoms with Gasteiger partial charge < -0.3 is 5.32 Å². The van der Waals surface area contributed by atoms with Gasteiger partial charge in [-0.05, 0) is 49.4 Å². The molecule has 1 unspecified atom stereocenters. The van der Waals surface area contributed by atoms with Crippen molar-refractivity contribution in [3.8, 4) is 0 Å². The van der Waals surface area contributed by atoms with E-state index in [0.717, 1.165) is 22.6 Å². The fraction of sp³-hybridized carbons (Fsp3) is 0.538. The first kappa shape index (κ1) is 13.5. The molecule has 0 fully saturated rings. The van der Waals surface area contributed by atoms with E-state index in [1.165, 1.54) is 12.5 Å². The van der Waals surface area contributed by atoms with Gasteiger partial charge in [-0.2, -0.15) is 11.8 Å². The summed E-state index contributed by atoms with van der Waals surface area (Å²) in [6, 6.07) is 5.25. The Morgan fingerprint density at radius 2 is 2.19 bits per heavy atom. The molecule has 16 heavy (non-hydrogen) atoms. The van der Waals surface area contributed by atoms with Crippen LogP contribution in [0.4, 0.5) is 4.39 Å². The van der Waals surface area contributed by atoms with E-state index in [1.807, 2.05) is 31.8 Å². The number of hydrogen-bond acceptors (Lipinski definition) is 2. The molecule has 0 saturated carbocycles. The van der Waals surface area contributed by atoms with Gasteiger partial charge in [-0.3, -0.25) is 0 Å². The van der Waals surface area contributed by atoms with Crippen LogP contribution in [0.25, 0.3) is 0 Å². The van der Waals surface area contributed by atoms with Crippen LogP contribution in [0.2, 0.25) is 0 Å². The molecule has 90 valence electrons. The van der Waals surface area contributed by atoms with Crippen molar-refractivity contribution >= 4 is 11.8 Å². The Hall–Kier alpha value is -0.540. The second-order valence-electron chi connectivity index (χ2n) is 3.92. The van der Waals surface area contributed by atoms with Crippen molar-refractivity contribution in [2.45, 2.75) is 26.3 Å². The Kier molecular flexibility index (Phi) is 5.85. The summed E-state index contributed by atoms with van der Waals surface area (Å²) in [5.74, 6) is 2.00. The summed E-state index contributed by atoms with van der Waals surface area (Å²) in [6.07, 6.45) is 1.18. The molecule has 0 aromatic heterocycles. The van der Waals surface area contributed by atoms with Crippen molar-refractivity contribution in [3.05, 3.63) is 35.1 Å². The second-order valence-corrected chi connectivity index (χ2v) is 5.07. The van der Waals surface area contributed by atoms with Crippen molar-refractivity contribution in [2.75, 3.05) is 18.6 Å². The van der Waals surface area contributed by atoms with Gasteiger partial charge in [0, 0.05) is 11.8 Å². The quantitative estimate of drug-likeness (QED) is 0.765. The highest BCUT2D eigenvalue weighted by atomic mass is 32.2. The van der Waals surface area contributed by atoms with Crippen LogP contribution < -0.4 is 5.32 Å². The van der Waals surface area contributed by atoms with Gasteiger partial charge in [-0.25, -0.2) is 4.39 Å². The molecule has 1 aromatic carbocycles. The van der Waals surface area contributed by atoms with E-state index in [1.54, 1.807) is 6.07 Å². The Balaban J connectivity index is 2.73. The molecule has 0 heterocycles. The largest absolute Gasteiger partial charge is 0.312 e. The van der Waals surface area contributed by atoms with Gasteiger partial charge in [0.1, 0.15) is 5.82 Å². The van der Waals surface area contributed by atoms with Crippen LogP contribution in [0.1, 0.15) is 30.5 Å². The Labute approximate surface area is 102 Å². The van der Waals surface area contributed by atoms with Gasteiger partial charge in [-0.1, -0.05) is 13.0 Å². The molecule has 0 spiro atoms. The monoisotopic (exact) mass is 241 g/mol. The zero-order chi connectivity index (χ0) is 12.0. The molecule has 1 N–H and O–H groups in total. The molecular weight excluding hydrogens is 221 g/mol. The third kappa shape index (κ3) is 3.80. The molecule has 3 heteroatoms. The summed E-state index contributed by atoms with van der Waals surface area (Å²) in [5, 5.41) is 3.26. The normalized spacial score (nSPS) is 12.8. The Morgan fingerprint density at radius 1 is 1.44 bits per heavy atom. The molecule has 0 aliphatic carbocycles. The van der Waals surface area contributed by atoms with E-state index in [9.17, 15) is 4.39 Å². The van der Waals surface area contributed by atoms with Crippen LogP contribution in [0, 0.1) is 12.7 Å². The SMILES string of the molecule is CCCSCC(NC)c1cc(F)ccc1C. The number of nitrogens with one attached hydrogen (secondary N) is 1. The van der Waals surface area contributed by atoms with Gasteiger partial charge in [0.05, 0.1) is 0 Å². The van der Waals surface area contributed by atoms with Gasteiger partial charge in [0.25, 0.3) is 0 Å². The van der Waals surface area contributed by atoms with Gasteiger partial charge in [0.15, 0.2) is 0 Å². The van der Waals surface area contributed by atoms with Crippen LogP contribution in [-0.2, 0) is 0 Å². The van der Waals surface area contributed by atoms with Gasteiger partial charge in [-0.15, -0.1) is 0 Å². The summed E-state index contributed by atoms with van der Waals surface area (Å²) < 4.78 is 13.2. The van der Waals surface area contributed by atoms with Crippen molar-refractivity contribution in [2.24, 2.45) is 0 Å². The molecule has 1 nitrogen and oxygen atoms in total. The fourth-order valence-corrected chi connectivity index (χ4v) is 2.70. The summed E-state index contributed by atoms with van der Waals surface area (Å²) in [5.41, 5.74) is 2.23. The van der Waals surface area contributed by atoms with Crippen molar-refractivity contribution < 1.29 is 4.39 Å². The predicted molar refractivity (Wildman–Crippen MR) is 70.6 cm³/mol. The summed E-state index contributed by atoms with van der Waals surface area (Å²) in [4.78, 5) is 0. The van der Waals surface area contributed by atoms with Crippen molar-refractivity contribution in [1.29, 1.82) is 0 Å². The van der Waals surface area contributed by atoms with Crippen molar-refractivity contribution in [3.63, 3.8) is 0 Å². The molecular formula is C13H20FNS. The minimum atomic E-state index is -0.152. The average Bonchev–Trinajstić information content (AvgIpc) is 2.28. The van der Waals surface area contributed by atoms with E-state index in [2.05, 4.69) is 12.2 Å². The second kappa shape index (κ2) is 6.92. The highest BCUT2D eigenvalue weighted by Gasteiger charge is 2.12. The molecule has 0 radical (unpaired) electrons.